The van der Waals surface area contributed by atoms with Crippen LogP contribution in [0, 0.1) is 5.92 Å². The summed E-state index contributed by atoms with van der Waals surface area (Å²) in [4.78, 5) is 27.1. The van der Waals surface area contributed by atoms with E-state index in [1.165, 1.54) is 12.1 Å². The standard InChI is InChI=1S/C26H35N3O5S/c1-4-6-16-28(17-7-5-2)35(32,33)24-14-8-21(9-15-24)27-26(31)20-18-25(30)29(19-20)22-10-12-23(34-3)13-11-22/h8-15,20H,4-7,16-19H2,1-3H3,(H,27,31)/t20-/m1/s1. The third kappa shape index (κ3) is 6.61. The molecular weight excluding hydrogens is 466 g/mol. The van der Waals surface area contributed by atoms with Crippen molar-refractivity contribution >= 4 is 33.2 Å². The number of nitrogens with zero attached hydrogens (tertiary/aromatic N) is 2. The van der Waals surface area contributed by atoms with Gasteiger partial charge in [0, 0.05) is 37.4 Å². The molecular formula is C26H35N3O5S. The minimum atomic E-state index is -3.60. The van der Waals surface area contributed by atoms with Crippen molar-refractivity contribution in [1.29, 1.82) is 0 Å². The molecule has 0 unspecified atom stereocenters. The summed E-state index contributed by atoms with van der Waals surface area (Å²) in [7, 11) is -2.02. The van der Waals surface area contributed by atoms with Crippen molar-refractivity contribution in [3.05, 3.63) is 48.5 Å². The highest BCUT2D eigenvalue weighted by Gasteiger charge is 2.35. The van der Waals surface area contributed by atoms with Gasteiger partial charge in [0.2, 0.25) is 21.8 Å². The van der Waals surface area contributed by atoms with Gasteiger partial charge in [0.25, 0.3) is 0 Å². The van der Waals surface area contributed by atoms with Gasteiger partial charge in [-0.25, -0.2) is 8.42 Å². The molecule has 35 heavy (non-hydrogen) atoms. The topological polar surface area (TPSA) is 96.0 Å². The molecule has 8 nitrogen and oxygen atoms in total. The van der Waals surface area contributed by atoms with Crippen molar-refractivity contribution in [1.82, 2.24) is 4.31 Å². The first kappa shape index (κ1) is 26.7. The molecule has 0 aliphatic carbocycles. The van der Waals surface area contributed by atoms with E-state index < -0.39 is 15.9 Å². The molecule has 1 atom stereocenters. The minimum absolute atomic E-state index is 0.115. The number of nitrogens with one attached hydrogen (secondary N) is 1. The van der Waals surface area contributed by atoms with Crippen LogP contribution in [0.3, 0.4) is 0 Å². The summed E-state index contributed by atoms with van der Waals surface area (Å²) in [6.45, 7) is 5.36. The lowest BCUT2D eigenvalue weighted by Crippen LogP contribution is -2.33. The molecule has 9 heteroatoms. The lowest BCUT2D eigenvalue weighted by Gasteiger charge is -2.22. The number of amides is 2. The van der Waals surface area contributed by atoms with Crippen molar-refractivity contribution < 1.29 is 22.7 Å². The minimum Gasteiger partial charge on any atom is -0.497 e. The fraction of sp³-hybridized carbons (Fsp3) is 0.462. The summed E-state index contributed by atoms with van der Waals surface area (Å²) in [6.07, 6.45) is 3.58. The van der Waals surface area contributed by atoms with Crippen molar-refractivity contribution in [2.75, 3.05) is 37.0 Å². The number of sulfonamides is 1. The summed E-state index contributed by atoms with van der Waals surface area (Å²) in [5, 5.41) is 2.82. The highest BCUT2D eigenvalue weighted by atomic mass is 32.2. The second-order valence-electron chi connectivity index (χ2n) is 8.73. The fourth-order valence-corrected chi connectivity index (χ4v) is 5.54. The SMILES string of the molecule is CCCCN(CCCC)S(=O)(=O)c1ccc(NC(=O)[C@@H]2CC(=O)N(c3ccc(OC)cc3)C2)cc1. The van der Waals surface area contributed by atoms with Gasteiger partial charge in [-0.2, -0.15) is 4.31 Å². The Morgan fingerprint density at radius 1 is 1.03 bits per heavy atom. The summed E-state index contributed by atoms with van der Waals surface area (Å²) in [5.74, 6) is -0.181. The van der Waals surface area contributed by atoms with Crippen molar-refractivity contribution in [2.24, 2.45) is 5.92 Å². The van der Waals surface area contributed by atoms with Crippen LogP contribution in [-0.2, 0) is 19.6 Å². The number of carbonyl (C=O) groups is 2. The Morgan fingerprint density at radius 2 is 1.63 bits per heavy atom. The van der Waals surface area contributed by atoms with Crippen molar-refractivity contribution in [3.8, 4) is 5.75 Å². The normalized spacial score (nSPS) is 16.1. The van der Waals surface area contributed by atoms with Crippen LogP contribution in [0.25, 0.3) is 0 Å². The molecule has 1 N–H and O–H groups in total. The van der Waals surface area contributed by atoms with E-state index in [1.54, 1.807) is 52.7 Å². The zero-order valence-corrected chi connectivity index (χ0v) is 21.5. The predicted molar refractivity (Wildman–Crippen MR) is 137 cm³/mol. The number of ether oxygens (including phenoxy) is 1. The third-order valence-corrected chi connectivity index (χ3v) is 8.07. The zero-order valence-electron chi connectivity index (χ0n) is 20.7. The first-order valence-electron chi connectivity index (χ1n) is 12.2. The Balaban J connectivity index is 1.64. The van der Waals surface area contributed by atoms with Gasteiger partial charge in [-0.3, -0.25) is 9.59 Å². The number of hydrogen-bond donors (Lipinski definition) is 1. The van der Waals surface area contributed by atoms with Crippen LogP contribution in [0.5, 0.6) is 5.75 Å². The van der Waals surface area contributed by atoms with E-state index in [-0.39, 0.29) is 29.7 Å². The van der Waals surface area contributed by atoms with E-state index in [1.807, 2.05) is 13.8 Å². The van der Waals surface area contributed by atoms with Crippen molar-refractivity contribution in [2.45, 2.75) is 50.8 Å². The number of benzene rings is 2. The maximum atomic E-state index is 13.1. The molecule has 1 heterocycles. The van der Waals surface area contributed by atoms with Gasteiger partial charge in [-0.1, -0.05) is 26.7 Å². The van der Waals surface area contributed by atoms with Crippen LogP contribution in [0.4, 0.5) is 11.4 Å². The predicted octanol–water partition coefficient (Wildman–Crippen LogP) is 4.28. The van der Waals surface area contributed by atoms with E-state index in [2.05, 4.69) is 5.32 Å². The Morgan fingerprint density at radius 3 is 2.17 bits per heavy atom. The number of methoxy groups -OCH3 is 1. The molecule has 190 valence electrons. The summed E-state index contributed by atoms with van der Waals surface area (Å²) >= 11 is 0. The maximum absolute atomic E-state index is 13.1. The van der Waals surface area contributed by atoms with Gasteiger partial charge in [-0.05, 0) is 61.4 Å². The molecule has 1 fully saturated rings. The molecule has 0 bridgehead atoms. The van der Waals surface area contributed by atoms with E-state index in [9.17, 15) is 18.0 Å². The monoisotopic (exact) mass is 501 g/mol. The van der Waals surface area contributed by atoms with Crippen LogP contribution in [-0.4, -0.2) is 51.3 Å². The van der Waals surface area contributed by atoms with E-state index in [4.69, 9.17) is 4.74 Å². The molecule has 1 saturated heterocycles. The number of hydrogen-bond acceptors (Lipinski definition) is 5. The van der Waals surface area contributed by atoms with Crippen LogP contribution >= 0.6 is 0 Å². The molecule has 1 aliphatic rings. The van der Waals surface area contributed by atoms with Crippen LogP contribution in [0.2, 0.25) is 0 Å². The zero-order chi connectivity index (χ0) is 25.4. The summed E-state index contributed by atoms with van der Waals surface area (Å²) in [6, 6.07) is 13.4. The average molecular weight is 502 g/mol. The third-order valence-electron chi connectivity index (χ3n) is 6.16. The molecule has 2 amide bonds. The first-order valence-corrected chi connectivity index (χ1v) is 13.6. The van der Waals surface area contributed by atoms with Crippen molar-refractivity contribution in [3.63, 3.8) is 0 Å². The Bertz CT molecular complexity index is 1090. The van der Waals surface area contributed by atoms with E-state index in [0.717, 1.165) is 31.4 Å². The summed E-state index contributed by atoms with van der Waals surface area (Å²) in [5.41, 5.74) is 1.22. The maximum Gasteiger partial charge on any atom is 0.243 e. The number of rotatable bonds is 12. The Hall–Kier alpha value is -2.91. The lowest BCUT2D eigenvalue weighted by molar-refractivity contribution is -0.122. The molecule has 0 radical (unpaired) electrons. The van der Waals surface area contributed by atoms with Crippen LogP contribution < -0.4 is 15.0 Å². The Labute approximate surface area is 208 Å². The smallest absolute Gasteiger partial charge is 0.243 e. The van der Waals surface area contributed by atoms with Gasteiger partial charge in [0.15, 0.2) is 0 Å². The van der Waals surface area contributed by atoms with Crippen LogP contribution in [0.15, 0.2) is 53.4 Å². The highest BCUT2D eigenvalue weighted by Crippen LogP contribution is 2.28. The van der Waals surface area contributed by atoms with Gasteiger partial charge in [-0.15, -0.1) is 0 Å². The molecule has 2 aromatic carbocycles. The highest BCUT2D eigenvalue weighted by molar-refractivity contribution is 7.89. The van der Waals surface area contributed by atoms with Gasteiger partial charge in [0.1, 0.15) is 5.75 Å². The molecule has 0 aromatic heterocycles. The average Bonchev–Trinajstić information content (AvgIpc) is 3.26. The van der Waals surface area contributed by atoms with Crippen LogP contribution in [0.1, 0.15) is 46.0 Å². The first-order chi connectivity index (χ1) is 16.8. The lowest BCUT2D eigenvalue weighted by atomic mass is 10.1. The van der Waals surface area contributed by atoms with E-state index >= 15 is 0 Å². The van der Waals surface area contributed by atoms with E-state index in [0.29, 0.717) is 24.5 Å². The quantitative estimate of drug-likeness (QED) is 0.468. The number of carbonyl (C=O) groups excluding carboxylic acids is 2. The molecule has 2 aromatic rings. The summed E-state index contributed by atoms with van der Waals surface area (Å²) < 4.78 is 32.9. The molecule has 0 spiro atoms. The Kier molecular flexibility index (Phi) is 9.28. The second kappa shape index (κ2) is 12.2. The molecule has 3 rings (SSSR count). The van der Waals surface area contributed by atoms with Gasteiger partial charge >= 0.3 is 0 Å². The number of unbranched alkanes of at least 4 members (excludes halogenated alkanes) is 2. The van der Waals surface area contributed by atoms with Gasteiger partial charge < -0.3 is 15.0 Å². The largest absolute Gasteiger partial charge is 0.497 e. The molecule has 1 aliphatic heterocycles. The fourth-order valence-electron chi connectivity index (χ4n) is 4.02. The number of anilines is 2. The molecule has 0 saturated carbocycles. The van der Waals surface area contributed by atoms with Gasteiger partial charge in [0.05, 0.1) is 17.9 Å². The second-order valence-corrected chi connectivity index (χ2v) is 10.7.